The zero-order valence-corrected chi connectivity index (χ0v) is 31.2. The Morgan fingerprint density at radius 2 is 0.895 bits per heavy atom. The zero-order chi connectivity index (χ0) is 37.9. The highest BCUT2D eigenvalue weighted by Gasteiger charge is 2.22. The predicted octanol–water partition coefficient (Wildman–Crippen LogP) is 13.0. The van der Waals surface area contributed by atoms with Crippen molar-refractivity contribution in [3.63, 3.8) is 0 Å². The molecule has 0 unspecified atom stereocenters. The first-order valence-electron chi connectivity index (χ1n) is 19.3. The number of nitrogens with zero attached hydrogens (tertiary/aromatic N) is 5. The van der Waals surface area contributed by atoms with Gasteiger partial charge in [-0.3, -0.25) is 0 Å². The monoisotopic (exact) mass is 729 g/mol. The van der Waals surface area contributed by atoms with Crippen LogP contribution in [0.4, 0.5) is 0 Å². The number of hydrogen-bond donors (Lipinski definition) is 0. The van der Waals surface area contributed by atoms with Crippen molar-refractivity contribution in [2.45, 2.75) is 6.92 Å². The number of fused-ring (bicyclic) bond motifs is 6. The molecule has 0 bridgehead atoms. The Kier molecular flexibility index (Phi) is 7.64. The van der Waals surface area contributed by atoms with Crippen LogP contribution >= 0.6 is 0 Å². The van der Waals surface area contributed by atoms with Gasteiger partial charge in [0, 0.05) is 49.5 Å². The summed E-state index contributed by atoms with van der Waals surface area (Å²) in [6.07, 6.45) is 0. The van der Waals surface area contributed by atoms with E-state index in [1.54, 1.807) is 0 Å². The molecule has 3 aromatic heterocycles. The van der Waals surface area contributed by atoms with E-state index in [1.165, 1.54) is 32.6 Å². The van der Waals surface area contributed by atoms with E-state index in [0.29, 0.717) is 17.5 Å². The van der Waals surface area contributed by atoms with Crippen molar-refractivity contribution in [2.75, 3.05) is 0 Å². The maximum absolute atomic E-state index is 5.30. The third-order valence-corrected chi connectivity index (χ3v) is 11.0. The molecule has 0 amide bonds. The van der Waals surface area contributed by atoms with Gasteiger partial charge in [-0.15, -0.1) is 0 Å². The summed E-state index contributed by atoms with van der Waals surface area (Å²) in [4.78, 5) is 15.7. The Morgan fingerprint density at radius 1 is 0.351 bits per heavy atom. The van der Waals surface area contributed by atoms with E-state index in [2.05, 4.69) is 174 Å². The Labute approximate surface area is 329 Å². The van der Waals surface area contributed by atoms with Crippen LogP contribution in [-0.2, 0) is 0 Å². The molecule has 0 N–H and O–H groups in total. The van der Waals surface area contributed by atoms with Crippen molar-refractivity contribution in [2.24, 2.45) is 0 Å². The summed E-state index contributed by atoms with van der Waals surface area (Å²) >= 11 is 0. The van der Waals surface area contributed by atoms with Gasteiger partial charge in [0.25, 0.3) is 0 Å². The van der Waals surface area contributed by atoms with E-state index in [9.17, 15) is 0 Å². The van der Waals surface area contributed by atoms with Crippen molar-refractivity contribution in [3.05, 3.63) is 200 Å². The lowest BCUT2D eigenvalue weighted by Gasteiger charge is -2.17. The second kappa shape index (κ2) is 13.3. The maximum Gasteiger partial charge on any atom is 0.166 e. The summed E-state index contributed by atoms with van der Waals surface area (Å²) in [5, 5.41) is 4.83. The Balaban J connectivity index is 1.25. The summed E-state index contributed by atoms with van der Waals surface area (Å²) in [6.45, 7) is 2.15. The maximum atomic E-state index is 5.30. The van der Waals surface area contributed by atoms with Gasteiger partial charge in [0.05, 0.1) is 27.8 Å². The highest BCUT2D eigenvalue weighted by atomic mass is 15.1. The van der Waals surface area contributed by atoms with Crippen LogP contribution in [0.2, 0.25) is 0 Å². The molecule has 57 heavy (non-hydrogen) atoms. The van der Waals surface area contributed by atoms with Gasteiger partial charge in [0.2, 0.25) is 0 Å². The van der Waals surface area contributed by atoms with E-state index in [4.69, 9.17) is 15.0 Å². The summed E-state index contributed by atoms with van der Waals surface area (Å²) in [5.41, 5.74) is 12.9. The van der Waals surface area contributed by atoms with Crippen LogP contribution in [0.1, 0.15) is 5.56 Å². The molecule has 11 aromatic rings. The molecule has 0 aliphatic heterocycles. The van der Waals surface area contributed by atoms with Gasteiger partial charge in [-0.05, 0) is 61.0 Å². The number of aryl methyl sites for hydroxylation is 1. The van der Waals surface area contributed by atoms with Gasteiger partial charge in [-0.2, -0.15) is 0 Å². The molecule has 5 nitrogen and oxygen atoms in total. The molecule has 0 aliphatic rings. The fraction of sp³-hybridized carbons (Fsp3) is 0.0192. The van der Waals surface area contributed by atoms with Crippen LogP contribution in [0.5, 0.6) is 0 Å². The Hall–Kier alpha value is -7.63. The molecule has 0 radical (unpaired) electrons. The third kappa shape index (κ3) is 5.43. The summed E-state index contributed by atoms with van der Waals surface area (Å²) < 4.78 is 4.77. The quantitative estimate of drug-likeness (QED) is 0.171. The highest BCUT2D eigenvalue weighted by Crippen LogP contribution is 2.42. The van der Waals surface area contributed by atoms with Gasteiger partial charge < -0.3 is 9.13 Å². The molecule has 5 heteroatoms. The largest absolute Gasteiger partial charge is 0.309 e. The molecule has 0 atom stereocenters. The number of benzene rings is 8. The second-order valence-corrected chi connectivity index (χ2v) is 14.5. The molecule has 8 aromatic carbocycles. The third-order valence-electron chi connectivity index (χ3n) is 11.0. The zero-order valence-electron chi connectivity index (χ0n) is 31.2. The Morgan fingerprint density at radius 3 is 1.58 bits per heavy atom. The molecular weight excluding hydrogens is 695 g/mol. The average molecular weight is 730 g/mol. The van der Waals surface area contributed by atoms with Gasteiger partial charge in [-0.1, -0.05) is 151 Å². The average Bonchev–Trinajstić information content (AvgIpc) is 3.79. The number of aromatic nitrogens is 5. The van der Waals surface area contributed by atoms with Crippen molar-refractivity contribution in [1.82, 2.24) is 24.1 Å². The molecule has 0 fully saturated rings. The fourth-order valence-electron chi connectivity index (χ4n) is 8.45. The van der Waals surface area contributed by atoms with Crippen molar-refractivity contribution in [3.8, 4) is 56.7 Å². The lowest BCUT2D eigenvalue weighted by atomic mass is 9.98. The van der Waals surface area contributed by atoms with E-state index < -0.39 is 0 Å². The topological polar surface area (TPSA) is 48.5 Å². The molecule has 3 heterocycles. The van der Waals surface area contributed by atoms with Gasteiger partial charge >= 0.3 is 0 Å². The van der Waals surface area contributed by atoms with Crippen LogP contribution in [0.3, 0.4) is 0 Å². The van der Waals surface area contributed by atoms with Crippen molar-refractivity contribution < 1.29 is 0 Å². The molecule has 0 spiro atoms. The summed E-state index contributed by atoms with van der Waals surface area (Å²) in [5.74, 6) is 1.85. The standard InChI is InChI=1S/C52H35N5/c1-34-28-30-47-43(32-34)41-23-12-14-27-46(41)57(47)48-31-29-37(39-24-15-25-42-40-22-11-13-26-45(40)56(49(39)42)38-20-9-4-10-21-38)33-44(48)52-54-50(35-16-5-2-6-17-35)53-51(55-52)36-18-7-3-8-19-36/h2-33H,1H3. The first kappa shape index (κ1) is 32.8. The van der Waals surface area contributed by atoms with Crippen LogP contribution in [0.15, 0.2) is 194 Å². The molecule has 0 aliphatic carbocycles. The van der Waals surface area contributed by atoms with Gasteiger partial charge in [0.15, 0.2) is 17.5 Å². The molecule has 11 rings (SSSR count). The molecule has 0 saturated carbocycles. The van der Waals surface area contributed by atoms with E-state index in [1.807, 2.05) is 36.4 Å². The minimum Gasteiger partial charge on any atom is -0.309 e. The number of hydrogen-bond acceptors (Lipinski definition) is 3. The fourth-order valence-corrected chi connectivity index (χ4v) is 8.45. The van der Waals surface area contributed by atoms with Crippen LogP contribution in [0, 0.1) is 6.92 Å². The minimum absolute atomic E-state index is 0.605. The molecular formula is C52H35N5. The van der Waals surface area contributed by atoms with E-state index >= 15 is 0 Å². The minimum atomic E-state index is 0.605. The SMILES string of the molecule is Cc1ccc2c(c1)c1ccccc1n2-c1ccc(-c2cccc3c4ccccc4n(-c4ccccc4)c23)cc1-c1nc(-c2ccccc2)nc(-c2ccccc2)n1. The smallest absolute Gasteiger partial charge is 0.166 e. The lowest BCUT2D eigenvalue weighted by molar-refractivity contribution is 1.06. The highest BCUT2D eigenvalue weighted by molar-refractivity contribution is 6.14. The second-order valence-electron chi connectivity index (χ2n) is 14.5. The van der Waals surface area contributed by atoms with Crippen LogP contribution < -0.4 is 0 Å². The lowest BCUT2D eigenvalue weighted by Crippen LogP contribution is -2.04. The normalized spacial score (nSPS) is 11.6. The first-order chi connectivity index (χ1) is 28.2. The molecule has 268 valence electrons. The van der Waals surface area contributed by atoms with Crippen LogP contribution in [-0.4, -0.2) is 24.1 Å². The first-order valence-corrected chi connectivity index (χ1v) is 19.3. The van der Waals surface area contributed by atoms with Gasteiger partial charge in [0.1, 0.15) is 0 Å². The molecule has 0 saturated heterocycles. The van der Waals surface area contributed by atoms with Crippen LogP contribution in [0.25, 0.3) is 100 Å². The Bertz CT molecular complexity index is 3230. The van der Waals surface area contributed by atoms with E-state index in [-0.39, 0.29) is 0 Å². The van der Waals surface area contributed by atoms with Gasteiger partial charge in [-0.25, -0.2) is 15.0 Å². The summed E-state index contributed by atoms with van der Waals surface area (Å²) in [6, 6.07) is 68.5. The van der Waals surface area contributed by atoms with E-state index in [0.717, 1.165) is 55.7 Å². The summed E-state index contributed by atoms with van der Waals surface area (Å²) in [7, 11) is 0. The number of para-hydroxylation sites is 4. The predicted molar refractivity (Wildman–Crippen MR) is 235 cm³/mol. The van der Waals surface area contributed by atoms with Crippen molar-refractivity contribution in [1.29, 1.82) is 0 Å². The van der Waals surface area contributed by atoms with Crippen molar-refractivity contribution >= 4 is 43.6 Å². The number of rotatable bonds is 6.